The van der Waals surface area contributed by atoms with E-state index in [2.05, 4.69) is 23.4 Å². The molecule has 70 valence electrons. The highest BCUT2D eigenvalue weighted by molar-refractivity contribution is 5.85. The van der Waals surface area contributed by atoms with Crippen molar-refractivity contribution >= 4 is 12.4 Å². The lowest BCUT2D eigenvalue weighted by atomic mass is 10.2. The molecule has 4 heteroatoms. The Kier molecular flexibility index (Phi) is 4.28. The van der Waals surface area contributed by atoms with Crippen molar-refractivity contribution in [1.29, 1.82) is 0 Å². The minimum atomic E-state index is 0. The fraction of sp³-hybridized carbons (Fsp3) is 0.625. The second-order valence-corrected chi connectivity index (χ2v) is 3.03. The van der Waals surface area contributed by atoms with Crippen molar-refractivity contribution in [2.45, 2.75) is 26.3 Å². The third kappa shape index (κ3) is 1.99. The first-order chi connectivity index (χ1) is 5.16. The average molecular weight is 190 g/mol. The van der Waals surface area contributed by atoms with Crippen molar-refractivity contribution < 1.29 is 0 Å². The summed E-state index contributed by atoms with van der Waals surface area (Å²) in [5.74, 6) is 1.57. The maximum atomic E-state index is 5.50. The van der Waals surface area contributed by atoms with Gasteiger partial charge in [-0.1, -0.05) is 13.8 Å². The molecule has 1 aromatic heterocycles. The molecular weight excluding hydrogens is 174 g/mol. The molecule has 0 fully saturated rings. The quantitative estimate of drug-likeness (QED) is 0.765. The Labute approximate surface area is 79.4 Å². The van der Waals surface area contributed by atoms with Crippen molar-refractivity contribution in [3.8, 4) is 0 Å². The summed E-state index contributed by atoms with van der Waals surface area (Å²) >= 11 is 0. The number of nitrogens with two attached hydrogens (primary N) is 1. The molecule has 1 rings (SSSR count). The summed E-state index contributed by atoms with van der Waals surface area (Å²) in [7, 11) is 2.00. The summed E-state index contributed by atoms with van der Waals surface area (Å²) in [6.07, 6.45) is 1.84. The fourth-order valence-corrected chi connectivity index (χ4v) is 1.19. The van der Waals surface area contributed by atoms with Gasteiger partial charge in [0.2, 0.25) is 0 Å². The van der Waals surface area contributed by atoms with E-state index in [-0.39, 0.29) is 12.4 Å². The van der Waals surface area contributed by atoms with Crippen LogP contribution in [-0.2, 0) is 13.6 Å². The Hall–Kier alpha value is -0.540. The first-order valence-electron chi connectivity index (χ1n) is 3.87. The molecule has 0 bridgehead atoms. The van der Waals surface area contributed by atoms with Gasteiger partial charge >= 0.3 is 0 Å². The van der Waals surface area contributed by atoms with Crippen molar-refractivity contribution in [3.05, 3.63) is 17.7 Å². The lowest BCUT2D eigenvalue weighted by molar-refractivity contribution is 0.688. The number of imidazole rings is 1. The third-order valence-corrected chi connectivity index (χ3v) is 1.85. The van der Waals surface area contributed by atoms with Crippen LogP contribution in [0.2, 0.25) is 0 Å². The fourth-order valence-electron chi connectivity index (χ4n) is 1.19. The first kappa shape index (κ1) is 11.5. The second kappa shape index (κ2) is 4.48. The molecule has 0 unspecified atom stereocenters. The van der Waals surface area contributed by atoms with Gasteiger partial charge in [-0.3, -0.25) is 0 Å². The molecule has 0 radical (unpaired) electrons. The Morgan fingerprint density at radius 2 is 2.17 bits per heavy atom. The molecule has 0 spiro atoms. The second-order valence-electron chi connectivity index (χ2n) is 3.03. The largest absolute Gasteiger partial charge is 0.334 e. The zero-order valence-corrected chi connectivity index (χ0v) is 8.56. The number of hydrogen-bond donors (Lipinski definition) is 1. The molecule has 0 aromatic carbocycles. The molecule has 0 amide bonds. The van der Waals surface area contributed by atoms with E-state index >= 15 is 0 Å². The van der Waals surface area contributed by atoms with E-state index in [0.29, 0.717) is 12.5 Å². The molecule has 0 saturated heterocycles. The molecule has 3 nitrogen and oxygen atoms in total. The van der Waals surface area contributed by atoms with Crippen molar-refractivity contribution in [3.63, 3.8) is 0 Å². The van der Waals surface area contributed by atoms with E-state index < -0.39 is 0 Å². The van der Waals surface area contributed by atoms with Crippen LogP contribution < -0.4 is 5.73 Å². The predicted molar refractivity (Wildman–Crippen MR) is 52.4 cm³/mol. The lowest BCUT2D eigenvalue weighted by Gasteiger charge is -2.06. The highest BCUT2D eigenvalue weighted by Crippen LogP contribution is 2.12. The SMILES string of the molecule is CC(C)c1ncc(CN)n1C.Cl. The summed E-state index contributed by atoms with van der Waals surface area (Å²) in [5, 5.41) is 0. The Balaban J connectivity index is 0.00000121. The summed E-state index contributed by atoms with van der Waals surface area (Å²) in [4.78, 5) is 4.27. The number of hydrogen-bond acceptors (Lipinski definition) is 2. The van der Waals surface area contributed by atoms with E-state index in [1.807, 2.05) is 13.2 Å². The molecule has 1 aromatic rings. The Bertz CT molecular complexity index is 242. The molecule has 1 heterocycles. The summed E-state index contributed by atoms with van der Waals surface area (Å²) in [5.41, 5.74) is 6.59. The highest BCUT2D eigenvalue weighted by atomic mass is 35.5. The molecule has 0 atom stereocenters. The number of halogens is 1. The van der Waals surface area contributed by atoms with Gasteiger partial charge in [0.25, 0.3) is 0 Å². The van der Waals surface area contributed by atoms with E-state index in [4.69, 9.17) is 5.73 Å². The smallest absolute Gasteiger partial charge is 0.111 e. The monoisotopic (exact) mass is 189 g/mol. The van der Waals surface area contributed by atoms with Crippen LogP contribution in [0.4, 0.5) is 0 Å². The van der Waals surface area contributed by atoms with Gasteiger partial charge < -0.3 is 10.3 Å². The highest BCUT2D eigenvalue weighted by Gasteiger charge is 2.07. The Morgan fingerprint density at radius 3 is 2.42 bits per heavy atom. The van der Waals surface area contributed by atoms with Crippen LogP contribution in [0.3, 0.4) is 0 Å². The average Bonchev–Trinajstić information content (AvgIpc) is 2.30. The minimum Gasteiger partial charge on any atom is -0.334 e. The standard InChI is InChI=1S/C8H15N3.ClH/c1-6(2)8-10-5-7(4-9)11(8)3;/h5-6H,4,9H2,1-3H3;1H. The topological polar surface area (TPSA) is 43.8 Å². The maximum absolute atomic E-state index is 5.50. The lowest BCUT2D eigenvalue weighted by Crippen LogP contribution is -2.06. The molecule has 0 aliphatic rings. The van der Waals surface area contributed by atoms with Crippen LogP contribution in [0, 0.1) is 0 Å². The van der Waals surface area contributed by atoms with Gasteiger partial charge in [0.15, 0.2) is 0 Å². The van der Waals surface area contributed by atoms with Gasteiger partial charge in [0.1, 0.15) is 5.82 Å². The normalized spacial score (nSPS) is 10.1. The van der Waals surface area contributed by atoms with Gasteiger partial charge in [-0.25, -0.2) is 4.98 Å². The summed E-state index contributed by atoms with van der Waals surface area (Å²) in [6, 6.07) is 0. The van der Waals surface area contributed by atoms with Gasteiger partial charge in [-0.05, 0) is 0 Å². The van der Waals surface area contributed by atoms with E-state index in [1.165, 1.54) is 0 Å². The van der Waals surface area contributed by atoms with E-state index in [1.54, 1.807) is 0 Å². The number of aromatic nitrogens is 2. The zero-order valence-electron chi connectivity index (χ0n) is 7.74. The third-order valence-electron chi connectivity index (χ3n) is 1.85. The van der Waals surface area contributed by atoms with E-state index in [9.17, 15) is 0 Å². The molecule has 2 N–H and O–H groups in total. The molecule has 0 aliphatic carbocycles. The van der Waals surface area contributed by atoms with E-state index in [0.717, 1.165) is 11.5 Å². The Morgan fingerprint density at radius 1 is 1.58 bits per heavy atom. The number of rotatable bonds is 2. The van der Waals surface area contributed by atoms with Crippen LogP contribution in [0.1, 0.15) is 31.3 Å². The van der Waals surface area contributed by atoms with Crippen LogP contribution in [0.5, 0.6) is 0 Å². The molecule has 0 aliphatic heterocycles. The zero-order chi connectivity index (χ0) is 8.43. The van der Waals surface area contributed by atoms with Gasteiger partial charge in [-0.2, -0.15) is 0 Å². The van der Waals surface area contributed by atoms with Crippen molar-refractivity contribution in [2.75, 3.05) is 0 Å². The van der Waals surface area contributed by atoms with Crippen LogP contribution in [-0.4, -0.2) is 9.55 Å². The molecule has 0 saturated carbocycles. The predicted octanol–water partition coefficient (Wildman–Crippen LogP) is 1.42. The summed E-state index contributed by atoms with van der Waals surface area (Å²) < 4.78 is 2.06. The first-order valence-corrected chi connectivity index (χ1v) is 3.87. The van der Waals surface area contributed by atoms with Gasteiger partial charge in [0.05, 0.1) is 5.69 Å². The number of nitrogens with zero attached hydrogens (tertiary/aromatic N) is 2. The van der Waals surface area contributed by atoms with Crippen molar-refractivity contribution in [2.24, 2.45) is 12.8 Å². The molecular formula is C8H16ClN3. The van der Waals surface area contributed by atoms with Crippen LogP contribution in [0.25, 0.3) is 0 Å². The van der Waals surface area contributed by atoms with Crippen LogP contribution in [0.15, 0.2) is 6.20 Å². The van der Waals surface area contributed by atoms with Crippen molar-refractivity contribution in [1.82, 2.24) is 9.55 Å². The van der Waals surface area contributed by atoms with Crippen LogP contribution >= 0.6 is 12.4 Å². The van der Waals surface area contributed by atoms with Gasteiger partial charge in [-0.15, -0.1) is 12.4 Å². The molecule has 12 heavy (non-hydrogen) atoms. The minimum absolute atomic E-state index is 0. The maximum Gasteiger partial charge on any atom is 0.111 e. The summed E-state index contributed by atoms with van der Waals surface area (Å²) in [6.45, 7) is 4.82. The van der Waals surface area contributed by atoms with Gasteiger partial charge in [0, 0.05) is 25.7 Å².